The average Bonchev–Trinajstić information content (AvgIpc) is 1.69. The Morgan fingerprint density at radius 3 is 1.44 bits per heavy atom. The van der Waals surface area contributed by atoms with Crippen LogP contribution in [0.15, 0.2) is 134 Å². The number of carbonyl (C=O) groups excluding carboxylic acids is 16. The number of aromatic hydroxyl groups is 1. The van der Waals surface area contributed by atoms with Crippen molar-refractivity contribution in [3.8, 4) is 16.9 Å². The number of carboxylic acid groups (broad SMARTS) is 1. The summed E-state index contributed by atoms with van der Waals surface area (Å²) in [4.78, 5) is 258. The van der Waals surface area contributed by atoms with Crippen LogP contribution in [0.1, 0.15) is 136 Å². The molecule has 1 aliphatic rings. The Labute approximate surface area is 821 Å². The number of hydrogen-bond donors (Lipinski definition) is 25. The van der Waals surface area contributed by atoms with Gasteiger partial charge in [-0.25, -0.2) is 0 Å². The first-order valence-electron chi connectivity index (χ1n) is 46.5. The zero-order valence-corrected chi connectivity index (χ0v) is 81.6. The number of thioether (sulfide) groups is 1. The highest BCUT2D eigenvalue weighted by atomic mass is 32.2. The number of aromatic amines is 1. The Morgan fingerprint density at radius 1 is 0.482 bits per heavy atom. The van der Waals surface area contributed by atoms with E-state index in [1.54, 1.807) is 102 Å². The van der Waals surface area contributed by atoms with Crippen molar-refractivity contribution in [2.45, 2.75) is 230 Å². The number of likely N-dealkylation sites (N-methyl/N-ethyl adjacent to an activating group) is 1. The number of aliphatic hydroxyl groups is 1. The van der Waals surface area contributed by atoms with Crippen molar-refractivity contribution in [2.24, 2.45) is 40.9 Å². The maximum Gasteiger partial charge on any atom is 0.305 e. The number of benzene rings is 4. The van der Waals surface area contributed by atoms with Crippen molar-refractivity contribution in [1.82, 2.24) is 99.9 Å². The van der Waals surface area contributed by atoms with Gasteiger partial charge in [-0.15, -0.1) is 11.8 Å². The quantitative estimate of drug-likeness (QED) is 0.0144. The van der Waals surface area contributed by atoms with Crippen LogP contribution in [0, 0.1) is 34.5 Å². The number of nitrogens with one attached hydrogen (secondary N) is 19. The van der Waals surface area contributed by atoms with E-state index in [0.717, 1.165) is 16.0 Å². The second-order valence-electron chi connectivity index (χ2n) is 36.2. The maximum atomic E-state index is 15.5. The van der Waals surface area contributed by atoms with Crippen molar-refractivity contribution >= 4 is 135 Å². The number of H-pyrrole nitrogens is 1. The van der Waals surface area contributed by atoms with Crippen LogP contribution < -0.4 is 102 Å². The summed E-state index contributed by atoms with van der Waals surface area (Å²) >= 11 is 0.695. The van der Waals surface area contributed by atoms with Crippen molar-refractivity contribution in [3.05, 3.63) is 156 Å². The smallest absolute Gasteiger partial charge is 0.305 e. The minimum absolute atomic E-state index is 0.00513. The van der Waals surface area contributed by atoms with Gasteiger partial charge in [-0.05, 0) is 134 Å². The number of guanidine groups is 2. The van der Waals surface area contributed by atoms with Crippen LogP contribution in [0.25, 0.3) is 22.0 Å². The topological polar surface area (TPSA) is 701 Å². The SMILES string of the molecule is CC(C)C[C@@H]1NC(=O)[C@H](CCCNC(=N)N)NC(=O)[C@@H](CC(C)C)NC(=O)[C@H](C)N(C)C(=O)[C@H](CCCNC(=N)N)NC(=O)[C@H](Cc2ccc(-c3ccccc3)cc2)NC(=O)[C@H](C(C)C)NC(=O)[C@H](Cc2c[nH]c3ccccc23)NC(=O)[C@H](CC(=O)O)NC(=O)[C@H](Cc2ccc(O)cc2)NC(=O)[C@H](Cc2cccnc2)NC(=O)CSC[C@@H](C(=O)N[C@@H](C)C(N)=O)NC(=O)[C@H](CO)NC(=O)[C@H](C(C)C)NC1=O. The third-order valence-corrected chi connectivity index (χ3v) is 24.2. The Bertz CT molecular complexity index is 5340. The highest BCUT2D eigenvalue weighted by Gasteiger charge is 2.41. The lowest BCUT2D eigenvalue weighted by atomic mass is 9.98. The number of aliphatic hydroxyl groups excluding tert-OH is 1. The average molecular weight is 1980 g/mol. The predicted molar refractivity (Wildman–Crippen MR) is 525 cm³/mol. The number of phenols is 1. The fourth-order valence-corrected chi connectivity index (χ4v) is 16.1. The van der Waals surface area contributed by atoms with Gasteiger partial charge in [-0.1, -0.05) is 146 Å². The van der Waals surface area contributed by atoms with Crippen LogP contribution in [0.4, 0.5) is 0 Å². The minimum Gasteiger partial charge on any atom is -0.508 e. The summed E-state index contributed by atoms with van der Waals surface area (Å²) in [6, 6.07) is 7.18. The number of phenolic OH excluding ortho intramolecular Hbond substituents is 1. The number of aromatic nitrogens is 2. The first-order chi connectivity index (χ1) is 66.8. The van der Waals surface area contributed by atoms with E-state index in [1.165, 1.54) is 77.5 Å². The number of carbonyl (C=O) groups is 17. The van der Waals surface area contributed by atoms with Crippen LogP contribution in [0.5, 0.6) is 5.75 Å². The molecule has 764 valence electrons. The zero-order valence-electron chi connectivity index (χ0n) is 80.8. The molecular weight excluding hydrogens is 1840 g/mol. The molecule has 44 nitrogen and oxygen atoms in total. The van der Waals surface area contributed by atoms with Gasteiger partial charge in [0.2, 0.25) is 94.5 Å². The van der Waals surface area contributed by atoms with Gasteiger partial charge in [-0.3, -0.25) is 97.3 Å². The van der Waals surface area contributed by atoms with Gasteiger partial charge in [0.25, 0.3) is 0 Å². The molecule has 141 heavy (non-hydrogen) atoms. The molecule has 4 aromatic carbocycles. The molecule has 0 unspecified atom stereocenters. The lowest BCUT2D eigenvalue weighted by Gasteiger charge is -2.32. The van der Waals surface area contributed by atoms with E-state index < -0.39 is 246 Å². The van der Waals surface area contributed by atoms with Gasteiger partial charge >= 0.3 is 5.97 Å². The van der Waals surface area contributed by atoms with Gasteiger partial charge in [0.05, 0.1) is 18.8 Å². The fraction of sp³-hybridized carbons (Fsp3) is 0.479. The molecular formula is C96H134N24O20S. The second-order valence-corrected chi connectivity index (χ2v) is 37.3. The summed E-state index contributed by atoms with van der Waals surface area (Å²) < 4.78 is 0. The number of primary amides is 1. The van der Waals surface area contributed by atoms with Crippen molar-refractivity contribution in [2.75, 3.05) is 38.2 Å². The Morgan fingerprint density at radius 2 is 0.915 bits per heavy atom. The summed E-state index contributed by atoms with van der Waals surface area (Å²) in [5.74, 6) is -22.5. The van der Waals surface area contributed by atoms with Crippen LogP contribution in [0.3, 0.4) is 0 Å². The molecule has 0 aliphatic carbocycles. The highest BCUT2D eigenvalue weighted by molar-refractivity contribution is 8.00. The number of amides is 16. The van der Waals surface area contributed by atoms with E-state index in [9.17, 15) is 63.3 Å². The molecule has 16 amide bonds. The molecule has 45 heteroatoms. The molecule has 0 radical (unpaired) electrons. The summed E-state index contributed by atoms with van der Waals surface area (Å²) in [6.07, 6.45) is 1.29. The zero-order chi connectivity index (χ0) is 104. The number of nitrogens with two attached hydrogens (primary N) is 3. The van der Waals surface area contributed by atoms with E-state index in [4.69, 9.17) is 28.0 Å². The fourth-order valence-electron chi connectivity index (χ4n) is 15.2. The van der Waals surface area contributed by atoms with Crippen LogP contribution in [-0.4, -0.2) is 271 Å². The highest BCUT2D eigenvalue weighted by Crippen LogP contribution is 2.24. The van der Waals surface area contributed by atoms with E-state index >= 15 is 33.6 Å². The second kappa shape index (κ2) is 55.7. The number of nitrogens with zero attached hydrogens (tertiary/aromatic N) is 2. The molecule has 0 spiro atoms. The number of para-hydroxylation sites is 1. The van der Waals surface area contributed by atoms with Crippen LogP contribution in [0.2, 0.25) is 0 Å². The number of hydrogen-bond acceptors (Lipinski definition) is 23. The van der Waals surface area contributed by atoms with Gasteiger partial charge in [0.15, 0.2) is 11.9 Å². The molecule has 1 fully saturated rings. The maximum absolute atomic E-state index is 15.5. The molecule has 6 aromatic rings. The monoisotopic (exact) mass is 1970 g/mol. The first kappa shape index (κ1) is 113. The standard InChI is InChI=1S/C96H134N24O20S/c1-50(2)38-67-83(129)108-65(25-18-36-103-95(98)99)82(128)111-68(39-51(3)4)88(134)118-79(53(7)8)93(139)116-74(47-121)90(136)117-75(91(137)106-54(9)80(97)126)48-141-49-76(123)107-69(42-58-20-17-35-102-45-58)84(130)112-70(41-57-29-33-62(122)34-30-57)86(132)114-73(44-77(124)125)87(133)113-72(43-61-46-105-64-24-16-15-23-63(61)64)89(135)119-78(52(5)6)92(138)115-71(40-56-27-31-60(32-28-56)59-21-13-12-14-22-59)85(131)109-66(26-19-37-104-96(100)101)94(140)120(11)55(10)81(127)110-67/h12-17,20-24,27-35,45-46,50-55,65-75,78-79,105,121-122H,18-19,25-26,36-44,47-49H2,1-11H3,(H2,97,126)(H,106,137)(H,107,123)(H,108,129)(H,109,131)(H,110,127)(H,111,128)(H,112,130)(H,113,133)(H,114,132)(H,115,138)(H,116,139)(H,117,136)(H,118,134)(H,119,135)(H,124,125)(H4,98,99,103)(H4,100,101,104)/t54-,55-,65-,66-,67+,68-,69-,70-,71-,72-,73-,74-,75-,78-,79-/m0/s1. The Kier molecular flexibility index (Phi) is 44.7. The molecule has 2 aromatic heterocycles. The van der Waals surface area contributed by atoms with E-state index in [1.807, 2.05) is 30.3 Å². The van der Waals surface area contributed by atoms with E-state index in [0.29, 0.717) is 39.4 Å². The van der Waals surface area contributed by atoms with Crippen molar-refractivity contribution < 1.29 is 96.8 Å². The van der Waals surface area contributed by atoms with Gasteiger partial charge < -0.3 is 127 Å². The summed E-state index contributed by atoms with van der Waals surface area (Å²) in [6.45, 7) is 14.6. The first-order valence-corrected chi connectivity index (χ1v) is 47.7. The third kappa shape index (κ3) is 36.8. The van der Waals surface area contributed by atoms with Crippen LogP contribution in [-0.2, 0) is 107 Å². The minimum atomic E-state index is -2.09. The largest absolute Gasteiger partial charge is 0.508 e. The Balaban J connectivity index is 1.35. The molecule has 7 rings (SSSR count). The van der Waals surface area contributed by atoms with Gasteiger partial charge in [0, 0.05) is 81.1 Å². The molecule has 1 aliphatic heterocycles. The van der Waals surface area contributed by atoms with Crippen molar-refractivity contribution in [1.29, 1.82) is 10.8 Å². The lowest BCUT2D eigenvalue weighted by molar-refractivity contribution is -0.143. The molecule has 3 heterocycles. The molecule has 0 saturated carbocycles. The third-order valence-electron chi connectivity index (χ3n) is 23.2. The number of fused-ring (bicyclic) bond motifs is 1. The number of aliphatic carboxylic acids is 1. The number of carboxylic acids is 1. The van der Waals surface area contributed by atoms with Crippen molar-refractivity contribution in [3.63, 3.8) is 0 Å². The van der Waals surface area contributed by atoms with E-state index in [-0.39, 0.29) is 94.0 Å². The molecule has 0 bridgehead atoms. The molecule has 1 saturated heterocycles. The van der Waals surface area contributed by atoms with Crippen LogP contribution >= 0.6 is 11.8 Å². The lowest BCUT2D eigenvalue weighted by Crippen LogP contribution is -2.62. The Hall–Kier alpha value is -14.8. The van der Waals surface area contributed by atoms with E-state index in [2.05, 4.69) is 95.0 Å². The van der Waals surface area contributed by atoms with Gasteiger partial charge in [0.1, 0.15) is 96.4 Å². The van der Waals surface area contributed by atoms with Gasteiger partial charge in [-0.2, -0.15) is 0 Å². The summed E-state index contributed by atoms with van der Waals surface area (Å²) in [5, 5.41) is 89.7. The molecule has 15 atom stereocenters. The predicted octanol–water partition coefficient (Wildman–Crippen LogP) is -1.51. The number of rotatable bonds is 29. The normalized spacial score (nSPS) is 22.8. The molecule has 28 N–H and O–H groups in total. The number of pyridine rings is 1. The summed E-state index contributed by atoms with van der Waals surface area (Å²) in [5.41, 5.74) is 20.5. The summed E-state index contributed by atoms with van der Waals surface area (Å²) in [7, 11) is 1.26.